The molecule has 0 bridgehead atoms. The number of rotatable bonds is 6. The van der Waals surface area contributed by atoms with Crippen LogP contribution >= 0.6 is 11.6 Å². The number of carbonyl (C=O) groups excluding carboxylic acids is 1. The third-order valence-electron chi connectivity index (χ3n) is 3.86. The molecule has 0 saturated heterocycles. The van der Waals surface area contributed by atoms with Crippen molar-refractivity contribution < 1.29 is 9.53 Å². The fraction of sp³-hybridized carbons (Fsp3) is 0.350. The predicted octanol–water partition coefficient (Wildman–Crippen LogP) is 5.09. The highest BCUT2D eigenvalue weighted by Gasteiger charge is 2.13. The number of ether oxygens (including phenoxy) is 1. The zero-order valence-corrected chi connectivity index (χ0v) is 15.9. The molecular formula is C20H25ClN2O2. The van der Waals surface area contributed by atoms with Gasteiger partial charge < -0.3 is 15.4 Å². The second-order valence-electron chi connectivity index (χ2n) is 6.90. The predicted molar refractivity (Wildman–Crippen MR) is 105 cm³/mol. The maximum absolute atomic E-state index is 12.1. The second kappa shape index (κ2) is 8.26. The molecule has 0 aliphatic rings. The lowest BCUT2D eigenvalue weighted by atomic mass is 9.87. The third-order valence-corrected chi connectivity index (χ3v) is 4.10. The Morgan fingerprint density at radius 1 is 1.12 bits per heavy atom. The molecular weight excluding hydrogens is 336 g/mol. The van der Waals surface area contributed by atoms with Gasteiger partial charge in [-0.3, -0.25) is 4.79 Å². The summed E-state index contributed by atoms with van der Waals surface area (Å²) in [4.78, 5) is 12.1. The summed E-state index contributed by atoms with van der Waals surface area (Å²) in [6, 6.07) is 13.3. The lowest BCUT2D eigenvalue weighted by Crippen LogP contribution is -2.17. The molecule has 1 amide bonds. The van der Waals surface area contributed by atoms with Crippen LogP contribution in [0, 0.1) is 0 Å². The average molecular weight is 361 g/mol. The van der Waals surface area contributed by atoms with Gasteiger partial charge in [0.2, 0.25) is 5.91 Å². The molecule has 2 aromatic rings. The molecule has 0 fully saturated rings. The lowest BCUT2D eigenvalue weighted by Gasteiger charge is -2.19. The fourth-order valence-electron chi connectivity index (χ4n) is 2.41. The molecule has 0 aliphatic carbocycles. The van der Waals surface area contributed by atoms with Gasteiger partial charge >= 0.3 is 0 Å². The minimum Gasteiger partial charge on any atom is -0.495 e. The van der Waals surface area contributed by atoms with E-state index in [0.717, 1.165) is 11.4 Å². The summed E-state index contributed by atoms with van der Waals surface area (Å²) in [6.07, 6.45) is 0.344. The third kappa shape index (κ3) is 5.68. The average Bonchev–Trinajstić information content (AvgIpc) is 2.55. The first kappa shape index (κ1) is 19.1. The number of carbonyl (C=O) groups is 1. The highest BCUT2D eigenvalue weighted by molar-refractivity contribution is 6.30. The number of anilines is 2. The van der Waals surface area contributed by atoms with Crippen LogP contribution < -0.4 is 15.4 Å². The van der Waals surface area contributed by atoms with Gasteiger partial charge in [-0.15, -0.1) is 0 Å². The van der Waals surface area contributed by atoms with Crippen molar-refractivity contribution in [1.82, 2.24) is 0 Å². The zero-order valence-electron chi connectivity index (χ0n) is 15.2. The van der Waals surface area contributed by atoms with E-state index < -0.39 is 0 Å². The van der Waals surface area contributed by atoms with Crippen LogP contribution in [0.1, 0.15) is 32.8 Å². The van der Waals surface area contributed by atoms with Crippen molar-refractivity contribution in [2.24, 2.45) is 0 Å². The molecule has 0 radical (unpaired) electrons. The van der Waals surface area contributed by atoms with Crippen molar-refractivity contribution in [2.45, 2.75) is 32.6 Å². The summed E-state index contributed by atoms with van der Waals surface area (Å²) in [6.45, 7) is 6.98. The van der Waals surface area contributed by atoms with E-state index in [4.69, 9.17) is 16.3 Å². The number of nitrogens with one attached hydrogen (secondary N) is 2. The number of hydrogen-bond acceptors (Lipinski definition) is 3. The SMILES string of the molecule is COc1ccc(Cl)cc1NCCC(=O)Nc1ccc(C(C)(C)C)cc1. The summed E-state index contributed by atoms with van der Waals surface area (Å²) >= 11 is 5.99. The van der Waals surface area contributed by atoms with E-state index in [1.165, 1.54) is 5.56 Å². The van der Waals surface area contributed by atoms with Crippen LogP contribution in [0.4, 0.5) is 11.4 Å². The summed E-state index contributed by atoms with van der Waals surface area (Å²) < 4.78 is 5.27. The minimum atomic E-state index is -0.0444. The van der Waals surface area contributed by atoms with Crippen LogP contribution in [0.5, 0.6) is 5.75 Å². The Morgan fingerprint density at radius 3 is 2.40 bits per heavy atom. The van der Waals surface area contributed by atoms with Crippen molar-refractivity contribution >= 4 is 28.9 Å². The van der Waals surface area contributed by atoms with Gasteiger partial charge in [0, 0.05) is 23.7 Å². The molecule has 2 N–H and O–H groups in total. The van der Waals surface area contributed by atoms with Crippen molar-refractivity contribution in [1.29, 1.82) is 0 Å². The first-order valence-corrected chi connectivity index (χ1v) is 8.65. The van der Waals surface area contributed by atoms with Crippen molar-refractivity contribution in [2.75, 3.05) is 24.3 Å². The molecule has 0 unspecified atom stereocenters. The molecule has 2 rings (SSSR count). The minimum absolute atomic E-state index is 0.0444. The largest absolute Gasteiger partial charge is 0.495 e. The van der Waals surface area contributed by atoms with Gasteiger partial charge in [-0.25, -0.2) is 0 Å². The van der Waals surface area contributed by atoms with Crippen molar-refractivity contribution in [3.63, 3.8) is 0 Å². The summed E-state index contributed by atoms with van der Waals surface area (Å²) in [7, 11) is 1.60. The van der Waals surface area contributed by atoms with Gasteiger partial charge in [0.15, 0.2) is 0 Å². The van der Waals surface area contributed by atoms with Crippen LogP contribution in [-0.4, -0.2) is 19.6 Å². The molecule has 2 aromatic carbocycles. The smallest absolute Gasteiger partial charge is 0.226 e. The summed E-state index contributed by atoms with van der Waals surface area (Å²) in [5, 5.41) is 6.71. The van der Waals surface area contributed by atoms with Gasteiger partial charge in [-0.1, -0.05) is 44.5 Å². The molecule has 0 spiro atoms. The number of methoxy groups -OCH3 is 1. The Balaban J connectivity index is 1.86. The topological polar surface area (TPSA) is 50.4 Å². The van der Waals surface area contributed by atoms with E-state index in [1.54, 1.807) is 25.3 Å². The molecule has 5 heteroatoms. The molecule has 0 aromatic heterocycles. The number of hydrogen-bond donors (Lipinski definition) is 2. The van der Waals surface area contributed by atoms with Gasteiger partial charge in [0.1, 0.15) is 5.75 Å². The standard InChI is InChI=1S/C20H25ClN2O2/c1-20(2,3)14-5-8-16(9-6-14)23-19(24)11-12-22-17-13-15(21)7-10-18(17)25-4/h5-10,13,22H,11-12H2,1-4H3,(H,23,24). The quantitative estimate of drug-likeness (QED) is 0.754. The van der Waals surface area contributed by atoms with Crippen LogP contribution in [0.2, 0.25) is 5.02 Å². The molecule has 4 nitrogen and oxygen atoms in total. The van der Waals surface area contributed by atoms with Gasteiger partial charge in [0.25, 0.3) is 0 Å². The van der Waals surface area contributed by atoms with Gasteiger partial charge in [-0.2, -0.15) is 0 Å². The van der Waals surface area contributed by atoms with E-state index in [1.807, 2.05) is 24.3 Å². The molecule has 0 heterocycles. The van der Waals surface area contributed by atoms with Gasteiger partial charge in [0.05, 0.1) is 12.8 Å². The lowest BCUT2D eigenvalue weighted by molar-refractivity contribution is -0.115. The van der Waals surface area contributed by atoms with Gasteiger partial charge in [-0.05, 0) is 41.3 Å². The Morgan fingerprint density at radius 2 is 1.80 bits per heavy atom. The van der Waals surface area contributed by atoms with Crippen molar-refractivity contribution in [3.8, 4) is 5.75 Å². The molecule has 134 valence electrons. The second-order valence-corrected chi connectivity index (χ2v) is 7.33. The molecule has 0 aliphatic heterocycles. The van der Waals surface area contributed by atoms with E-state index >= 15 is 0 Å². The van der Waals surface area contributed by atoms with E-state index in [-0.39, 0.29) is 11.3 Å². The Kier molecular flexibility index (Phi) is 6.32. The normalized spacial score (nSPS) is 11.1. The fourth-order valence-corrected chi connectivity index (χ4v) is 2.58. The highest BCUT2D eigenvalue weighted by atomic mass is 35.5. The first-order valence-electron chi connectivity index (χ1n) is 8.27. The van der Waals surface area contributed by atoms with E-state index in [9.17, 15) is 4.79 Å². The number of amides is 1. The van der Waals surface area contributed by atoms with Crippen LogP contribution in [0.3, 0.4) is 0 Å². The van der Waals surface area contributed by atoms with Crippen molar-refractivity contribution in [3.05, 3.63) is 53.1 Å². The maximum atomic E-state index is 12.1. The number of halogens is 1. The first-order chi connectivity index (χ1) is 11.8. The number of benzene rings is 2. The van der Waals surface area contributed by atoms with Crippen LogP contribution in [0.15, 0.2) is 42.5 Å². The summed E-state index contributed by atoms with van der Waals surface area (Å²) in [5.74, 6) is 0.652. The molecule has 0 saturated carbocycles. The molecule has 0 atom stereocenters. The monoisotopic (exact) mass is 360 g/mol. The van der Waals surface area contributed by atoms with E-state index in [0.29, 0.717) is 23.7 Å². The summed E-state index contributed by atoms with van der Waals surface area (Å²) in [5.41, 5.74) is 2.92. The maximum Gasteiger partial charge on any atom is 0.226 e. The Bertz CT molecular complexity index is 721. The Hall–Kier alpha value is -2.20. The molecule has 25 heavy (non-hydrogen) atoms. The zero-order chi connectivity index (χ0) is 18.4. The Labute approximate surface area is 154 Å². The van der Waals surface area contributed by atoms with E-state index in [2.05, 4.69) is 31.4 Å². The highest BCUT2D eigenvalue weighted by Crippen LogP contribution is 2.27. The van der Waals surface area contributed by atoms with Crippen LogP contribution in [-0.2, 0) is 10.2 Å². The van der Waals surface area contributed by atoms with Crippen LogP contribution in [0.25, 0.3) is 0 Å².